The number of likely N-dealkylation sites (tertiary alicyclic amines) is 1. The summed E-state index contributed by atoms with van der Waals surface area (Å²) >= 11 is 1.48. The van der Waals surface area contributed by atoms with Gasteiger partial charge in [-0.2, -0.15) is 0 Å². The van der Waals surface area contributed by atoms with E-state index in [1.807, 2.05) is 18.4 Å². The van der Waals surface area contributed by atoms with Crippen LogP contribution < -0.4 is 0 Å². The molecule has 6 nitrogen and oxygen atoms in total. The van der Waals surface area contributed by atoms with E-state index in [-0.39, 0.29) is 11.3 Å². The molecule has 0 aromatic carbocycles. The predicted octanol–water partition coefficient (Wildman–Crippen LogP) is 2.91. The molecular weight excluding hydrogens is 352 g/mol. The van der Waals surface area contributed by atoms with Crippen molar-refractivity contribution in [3.63, 3.8) is 0 Å². The first-order valence-corrected chi connectivity index (χ1v) is 9.16. The monoisotopic (exact) mass is 372 g/mol. The number of Topliss-reactive ketones (excluding diaryl/α,β-unsaturated/α-hetero) is 1. The Morgan fingerprint density at radius 2 is 2.04 bits per heavy atom. The highest BCUT2D eigenvalue weighted by Gasteiger charge is 2.46. The first-order chi connectivity index (χ1) is 12.6. The Labute approximate surface area is 155 Å². The molecule has 0 spiro atoms. The summed E-state index contributed by atoms with van der Waals surface area (Å²) in [5, 5.41) is 12.7. The number of methoxy groups -OCH3 is 1. The zero-order chi connectivity index (χ0) is 18.7. The van der Waals surface area contributed by atoms with Gasteiger partial charge in [-0.15, -0.1) is 11.3 Å². The summed E-state index contributed by atoms with van der Waals surface area (Å²) in [6.45, 7) is 2.81. The number of ether oxygens (including phenoxy) is 1. The average molecular weight is 372 g/mol. The van der Waals surface area contributed by atoms with E-state index in [0.29, 0.717) is 25.1 Å². The highest BCUT2D eigenvalue weighted by Crippen LogP contribution is 2.42. The van der Waals surface area contributed by atoms with Gasteiger partial charge in [0, 0.05) is 43.1 Å². The van der Waals surface area contributed by atoms with Gasteiger partial charge in [0.25, 0.3) is 11.7 Å². The van der Waals surface area contributed by atoms with Crippen LogP contribution in [0.1, 0.15) is 28.5 Å². The van der Waals surface area contributed by atoms with E-state index in [1.165, 1.54) is 28.6 Å². The van der Waals surface area contributed by atoms with E-state index in [1.54, 1.807) is 19.2 Å². The minimum Gasteiger partial charge on any atom is -0.507 e. The van der Waals surface area contributed by atoms with Crippen molar-refractivity contribution in [1.82, 2.24) is 9.88 Å². The Morgan fingerprint density at radius 1 is 1.31 bits per heavy atom. The second-order valence-electron chi connectivity index (χ2n) is 6.04. The fraction of sp³-hybridized carbons (Fsp3) is 0.316. The van der Waals surface area contributed by atoms with Crippen LogP contribution >= 0.6 is 11.3 Å². The third-order valence-electron chi connectivity index (χ3n) is 4.39. The molecule has 1 fully saturated rings. The molecule has 1 unspecified atom stereocenters. The number of carbonyl (C=O) groups excluding carboxylic acids is 2. The van der Waals surface area contributed by atoms with Gasteiger partial charge in [0.2, 0.25) is 0 Å². The summed E-state index contributed by atoms with van der Waals surface area (Å²) < 4.78 is 5.07. The summed E-state index contributed by atoms with van der Waals surface area (Å²) in [4.78, 5) is 31.7. The molecule has 1 aliphatic rings. The molecule has 136 valence electrons. The lowest BCUT2D eigenvalue weighted by molar-refractivity contribution is -0.140. The van der Waals surface area contributed by atoms with Gasteiger partial charge in [0.05, 0.1) is 11.6 Å². The topological polar surface area (TPSA) is 79.7 Å². The van der Waals surface area contributed by atoms with Crippen molar-refractivity contribution in [2.45, 2.75) is 19.4 Å². The minimum atomic E-state index is -0.658. The summed E-state index contributed by atoms with van der Waals surface area (Å²) in [6, 6.07) is 4.60. The number of amides is 1. The van der Waals surface area contributed by atoms with Gasteiger partial charge in [0.1, 0.15) is 5.76 Å². The Bertz CT molecular complexity index is 844. The number of nitrogens with zero attached hydrogens (tertiary/aromatic N) is 2. The molecule has 1 aliphatic heterocycles. The molecule has 3 heterocycles. The van der Waals surface area contributed by atoms with Crippen molar-refractivity contribution >= 4 is 28.8 Å². The van der Waals surface area contributed by atoms with Gasteiger partial charge in [-0.3, -0.25) is 14.6 Å². The quantitative estimate of drug-likeness (QED) is 0.365. The molecule has 2 aromatic rings. The molecule has 0 saturated carbocycles. The van der Waals surface area contributed by atoms with Crippen LogP contribution in [0.5, 0.6) is 0 Å². The molecule has 1 saturated heterocycles. The number of hydrogen-bond donors (Lipinski definition) is 1. The van der Waals surface area contributed by atoms with E-state index in [2.05, 4.69) is 4.98 Å². The third-order valence-corrected chi connectivity index (χ3v) is 5.46. The van der Waals surface area contributed by atoms with Gasteiger partial charge in [-0.05, 0) is 42.5 Å². The Hall–Kier alpha value is -2.51. The summed E-state index contributed by atoms with van der Waals surface area (Å²) in [6.07, 6.45) is 3.68. The number of rotatable bonds is 6. The van der Waals surface area contributed by atoms with Gasteiger partial charge in [-0.1, -0.05) is 0 Å². The van der Waals surface area contributed by atoms with Crippen LogP contribution in [-0.2, 0) is 14.3 Å². The Morgan fingerprint density at radius 3 is 2.65 bits per heavy atom. The van der Waals surface area contributed by atoms with Gasteiger partial charge >= 0.3 is 0 Å². The van der Waals surface area contributed by atoms with Crippen molar-refractivity contribution in [3.8, 4) is 0 Å². The van der Waals surface area contributed by atoms with E-state index < -0.39 is 17.7 Å². The molecule has 1 atom stereocenters. The van der Waals surface area contributed by atoms with Crippen LogP contribution in [0.3, 0.4) is 0 Å². The molecule has 26 heavy (non-hydrogen) atoms. The maximum Gasteiger partial charge on any atom is 0.295 e. The normalized spacial score (nSPS) is 19.3. The molecular formula is C19H20N2O4S. The fourth-order valence-corrected chi connectivity index (χ4v) is 4.14. The summed E-state index contributed by atoms with van der Waals surface area (Å²) in [5.41, 5.74) is 1.58. The van der Waals surface area contributed by atoms with E-state index >= 15 is 0 Å². The number of thiophene rings is 1. The molecule has 3 rings (SSSR count). The molecule has 0 aliphatic carbocycles. The Kier molecular flexibility index (Phi) is 5.49. The number of aromatic nitrogens is 1. The average Bonchev–Trinajstić information content (AvgIpc) is 3.18. The standard InChI is InChI=1S/C19H20N2O4S/c1-12-6-11-26-18(12)15-14(16(22)13-4-7-20-8-5-13)17(23)19(24)21(15)9-3-10-25-2/h4-8,11,15,22H,3,9-10H2,1-2H3/b16-14-. The van der Waals surface area contributed by atoms with Crippen LogP contribution in [0.25, 0.3) is 5.76 Å². The number of pyridine rings is 1. The van der Waals surface area contributed by atoms with Crippen molar-refractivity contribution in [3.05, 3.63) is 57.6 Å². The van der Waals surface area contributed by atoms with Crippen LogP contribution in [0.4, 0.5) is 0 Å². The maximum absolute atomic E-state index is 12.7. The second-order valence-corrected chi connectivity index (χ2v) is 6.99. The number of carbonyl (C=O) groups is 2. The van der Waals surface area contributed by atoms with Crippen LogP contribution in [-0.4, -0.2) is 46.9 Å². The highest BCUT2D eigenvalue weighted by atomic mass is 32.1. The largest absolute Gasteiger partial charge is 0.507 e. The van der Waals surface area contributed by atoms with E-state index in [0.717, 1.165) is 10.4 Å². The summed E-state index contributed by atoms with van der Waals surface area (Å²) in [5.74, 6) is -1.41. The van der Waals surface area contributed by atoms with E-state index in [9.17, 15) is 14.7 Å². The zero-order valence-corrected chi connectivity index (χ0v) is 15.5. The van der Waals surface area contributed by atoms with E-state index in [4.69, 9.17) is 4.74 Å². The lowest BCUT2D eigenvalue weighted by Crippen LogP contribution is -2.31. The SMILES string of the molecule is COCCCN1C(=O)C(=O)/C(=C(\O)c2ccncc2)C1c1sccc1C. The second kappa shape index (κ2) is 7.80. The molecule has 1 N–H and O–H groups in total. The van der Waals surface area contributed by atoms with Crippen LogP contribution in [0.15, 0.2) is 41.5 Å². The van der Waals surface area contributed by atoms with Gasteiger partial charge < -0.3 is 14.7 Å². The predicted molar refractivity (Wildman–Crippen MR) is 98.8 cm³/mol. The molecule has 1 amide bonds. The van der Waals surface area contributed by atoms with Crippen molar-refractivity contribution < 1.29 is 19.4 Å². The first kappa shape index (κ1) is 18.3. The zero-order valence-electron chi connectivity index (χ0n) is 14.6. The van der Waals surface area contributed by atoms with Crippen molar-refractivity contribution in [2.24, 2.45) is 0 Å². The molecule has 0 radical (unpaired) electrons. The van der Waals surface area contributed by atoms with Gasteiger partial charge in [-0.25, -0.2) is 0 Å². The number of hydrogen-bond acceptors (Lipinski definition) is 6. The first-order valence-electron chi connectivity index (χ1n) is 8.28. The summed E-state index contributed by atoms with van der Waals surface area (Å²) in [7, 11) is 1.60. The minimum absolute atomic E-state index is 0.129. The number of aliphatic hydroxyl groups is 1. The smallest absolute Gasteiger partial charge is 0.295 e. The number of ketones is 1. The fourth-order valence-electron chi connectivity index (χ4n) is 3.09. The Balaban J connectivity index is 2.10. The third kappa shape index (κ3) is 3.27. The van der Waals surface area contributed by atoms with Crippen molar-refractivity contribution in [2.75, 3.05) is 20.3 Å². The molecule has 2 aromatic heterocycles. The van der Waals surface area contributed by atoms with Gasteiger partial charge in [0.15, 0.2) is 0 Å². The lowest BCUT2D eigenvalue weighted by Gasteiger charge is -2.24. The van der Waals surface area contributed by atoms with Crippen molar-refractivity contribution in [1.29, 1.82) is 0 Å². The highest BCUT2D eigenvalue weighted by molar-refractivity contribution is 7.10. The van der Waals surface area contributed by atoms with Crippen LogP contribution in [0, 0.1) is 6.92 Å². The number of aliphatic hydroxyl groups excluding tert-OH is 1. The molecule has 7 heteroatoms. The lowest BCUT2D eigenvalue weighted by atomic mass is 9.99. The molecule has 0 bridgehead atoms. The number of aryl methyl sites for hydroxylation is 1. The van der Waals surface area contributed by atoms with Crippen LogP contribution in [0.2, 0.25) is 0 Å². The maximum atomic E-state index is 12.7.